The standard InChI is InChI=1S/C19H22N2O3S/c20-13-17-9-5-11-21(17)19(22)16-8-4-10-18(12-16)25(23,24)14-15-6-2-1-3-7-15/h1-4,6-8,10,12,17H,5,9,11,13-14,20H2. The maximum absolute atomic E-state index is 12.7. The molecule has 2 aromatic carbocycles. The van der Waals surface area contributed by atoms with Gasteiger partial charge in [-0.25, -0.2) is 8.42 Å². The SMILES string of the molecule is NCC1CCCN1C(=O)c1cccc(S(=O)(=O)Cc2ccccc2)c1. The lowest BCUT2D eigenvalue weighted by atomic mass is 10.1. The van der Waals surface area contributed by atoms with Crippen molar-refractivity contribution in [2.45, 2.75) is 29.5 Å². The maximum atomic E-state index is 12.7. The van der Waals surface area contributed by atoms with Crippen molar-refractivity contribution in [3.8, 4) is 0 Å². The Morgan fingerprint density at radius 2 is 1.88 bits per heavy atom. The fraction of sp³-hybridized carbons (Fsp3) is 0.316. The van der Waals surface area contributed by atoms with Gasteiger partial charge in [-0.2, -0.15) is 0 Å². The van der Waals surface area contributed by atoms with Gasteiger partial charge in [-0.1, -0.05) is 36.4 Å². The Bertz CT molecular complexity index is 850. The van der Waals surface area contributed by atoms with Crippen LogP contribution in [0.3, 0.4) is 0 Å². The molecule has 0 saturated carbocycles. The summed E-state index contributed by atoms with van der Waals surface area (Å²) in [4.78, 5) is 14.7. The van der Waals surface area contributed by atoms with Gasteiger partial charge in [-0.3, -0.25) is 4.79 Å². The fourth-order valence-corrected chi connectivity index (χ4v) is 4.60. The zero-order chi connectivity index (χ0) is 17.9. The molecule has 1 amide bonds. The summed E-state index contributed by atoms with van der Waals surface area (Å²) >= 11 is 0. The molecular weight excluding hydrogens is 336 g/mol. The van der Waals surface area contributed by atoms with E-state index in [1.165, 1.54) is 6.07 Å². The molecule has 1 aliphatic heterocycles. The van der Waals surface area contributed by atoms with Gasteiger partial charge in [-0.15, -0.1) is 0 Å². The van der Waals surface area contributed by atoms with Crippen molar-refractivity contribution in [1.82, 2.24) is 4.90 Å². The summed E-state index contributed by atoms with van der Waals surface area (Å²) in [7, 11) is -3.51. The van der Waals surface area contributed by atoms with E-state index in [0.29, 0.717) is 18.7 Å². The molecule has 3 rings (SSSR count). The second-order valence-corrected chi connectivity index (χ2v) is 8.29. The molecule has 1 heterocycles. The summed E-state index contributed by atoms with van der Waals surface area (Å²) < 4.78 is 25.3. The summed E-state index contributed by atoms with van der Waals surface area (Å²) in [6, 6.07) is 15.4. The summed E-state index contributed by atoms with van der Waals surface area (Å²) in [5.41, 5.74) is 6.86. The highest BCUT2D eigenvalue weighted by atomic mass is 32.2. The minimum atomic E-state index is -3.51. The van der Waals surface area contributed by atoms with Crippen LogP contribution in [0.4, 0.5) is 0 Å². The molecule has 0 aliphatic carbocycles. The predicted octanol–water partition coefficient (Wildman–Crippen LogP) is 2.22. The molecule has 25 heavy (non-hydrogen) atoms. The number of sulfone groups is 1. The van der Waals surface area contributed by atoms with Gasteiger partial charge in [-0.05, 0) is 36.6 Å². The second kappa shape index (κ2) is 7.37. The zero-order valence-electron chi connectivity index (χ0n) is 14.0. The topological polar surface area (TPSA) is 80.5 Å². The van der Waals surface area contributed by atoms with Crippen molar-refractivity contribution < 1.29 is 13.2 Å². The molecule has 132 valence electrons. The van der Waals surface area contributed by atoms with Crippen LogP contribution in [0.15, 0.2) is 59.5 Å². The molecule has 1 atom stereocenters. The molecule has 1 fully saturated rings. The average molecular weight is 358 g/mol. The van der Waals surface area contributed by atoms with Crippen LogP contribution in [0, 0.1) is 0 Å². The van der Waals surface area contributed by atoms with E-state index in [1.54, 1.807) is 35.2 Å². The smallest absolute Gasteiger partial charge is 0.254 e. The number of amides is 1. The first-order chi connectivity index (χ1) is 12.0. The second-order valence-electron chi connectivity index (χ2n) is 6.30. The lowest BCUT2D eigenvalue weighted by Crippen LogP contribution is -2.39. The number of benzene rings is 2. The Morgan fingerprint density at radius 3 is 2.60 bits per heavy atom. The number of nitrogens with two attached hydrogens (primary N) is 1. The molecule has 1 aliphatic rings. The van der Waals surface area contributed by atoms with Gasteiger partial charge in [0.15, 0.2) is 9.84 Å². The highest BCUT2D eigenvalue weighted by Gasteiger charge is 2.29. The van der Waals surface area contributed by atoms with Gasteiger partial charge in [0.1, 0.15) is 0 Å². The molecular formula is C19H22N2O3S. The van der Waals surface area contributed by atoms with Crippen molar-refractivity contribution in [1.29, 1.82) is 0 Å². The molecule has 6 heteroatoms. The molecule has 2 aromatic rings. The quantitative estimate of drug-likeness (QED) is 0.889. The van der Waals surface area contributed by atoms with E-state index in [9.17, 15) is 13.2 Å². The Hall–Kier alpha value is -2.18. The lowest BCUT2D eigenvalue weighted by molar-refractivity contribution is 0.0741. The molecule has 0 aromatic heterocycles. The maximum Gasteiger partial charge on any atom is 0.254 e. The van der Waals surface area contributed by atoms with E-state index in [0.717, 1.165) is 18.4 Å². The summed E-state index contributed by atoms with van der Waals surface area (Å²) in [6.07, 6.45) is 1.83. The van der Waals surface area contributed by atoms with Crippen LogP contribution in [0.5, 0.6) is 0 Å². The number of carbonyl (C=O) groups excluding carboxylic acids is 1. The number of hydrogen-bond donors (Lipinski definition) is 1. The summed E-state index contributed by atoms with van der Waals surface area (Å²) in [6.45, 7) is 1.10. The van der Waals surface area contributed by atoms with Crippen LogP contribution in [-0.4, -0.2) is 38.4 Å². The van der Waals surface area contributed by atoms with E-state index in [-0.39, 0.29) is 22.6 Å². The Balaban J connectivity index is 1.85. The number of carbonyl (C=O) groups is 1. The monoisotopic (exact) mass is 358 g/mol. The molecule has 1 unspecified atom stereocenters. The van der Waals surface area contributed by atoms with Crippen LogP contribution >= 0.6 is 0 Å². The van der Waals surface area contributed by atoms with Crippen molar-refractivity contribution in [2.24, 2.45) is 5.73 Å². The van der Waals surface area contributed by atoms with Gasteiger partial charge in [0, 0.05) is 24.7 Å². The first kappa shape index (κ1) is 17.6. The van der Waals surface area contributed by atoms with E-state index >= 15 is 0 Å². The molecule has 0 bridgehead atoms. The van der Waals surface area contributed by atoms with Gasteiger partial charge in [0.2, 0.25) is 0 Å². The van der Waals surface area contributed by atoms with E-state index in [2.05, 4.69) is 0 Å². The lowest BCUT2D eigenvalue weighted by Gasteiger charge is -2.23. The minimum absolute atomic E-state index is 0.0390. The van der Waals surface area contributed by atoms with Gasteiger partial charge in [0.05, 0.1) is 10.6 Å². The van der Waals surface area contributed by atoms with E-state index < -0.39 is 9.84 Å². The van der Waals surface area contributed by atoms with Crippen LogP contribution in [0.25, 0.3) is 0 Å². The molecule has 0 radical (unpaired) electrons. The van der Waals surface area contributed by atoms with Gasteiger partial charge < -0.3 is 10.6 Å². The van der Waals surface area contributed by atoms with Gasteiger partial charge in [0.25, 0.3) is 5.91 Å². The largest absolute Gasteiger partial charge is 0.334 e. The number of hydrogen-bond acceptors (Lipinski definition) is 4. The highest BCUT2D eigenvalue weighted by molar-refractivity contribution is 7.90. The first-order valence-corrected chi connectivity index (χ1v) is 10.0. The third-order valence-electron chi connectivity index (χ3n) is 4.55. The number of rotatable bonds is 5. The Kier molecular flexibility index (Phi) is 5.20. The van der Waals surface area contributed by atoms with Crippen LogP contribution < -0.4 is 5.73 Å². The van der Waals surface area contributed by atoms with Crippen molar-refractivity contribution in [3.05, 3.63) is 65.7 Å². The predicted molar refractivity (Wildman–Crippen MR) is 96.9 cm³/mol. The Morgan fingerprint density at radius 1 is 1.12 bits per heavy atom. The van der Waals surface area contributed by atoms with Crippen molar-refractivity contribution in [3.63, 3.8) is 0 Å². The van der Waals surface area contributed by atoms with E-state index in [4.69, 9.17) is 5.73 Å². The number of likely N-dealkylation sites (tertiary alicyclic amines) is 1. The summed E-state index contributed by atoms with van der Waals surface area (Å²) in [5.74, 6) is -0.231. The molecule has 2 N–H and O–H groups in total. The first-order valence-electron chi connectivity index (χ1n) is 8.39. The Labute approximate surface area is 148 Å². The minimum Gasteiger partial charge on any atom is -0.334 e. The van der Waals surface area contributed by atoms with Crippen LogP contribution in [0.1, 0.15) is 28.8 Å². The molecule has 0 spiro atoms. The van der Waals surface area contributed by atoms with Crippen LogP contribution in [0.2, 0.25) is 0 Å². The molecule has 5 nitrogen and oxygen atoms in total. The normalized spacial score (nSPS) is 17.6. The van der Waals surface area contributed by atoms with Crippen LogP contribution in [-0.2, 0) is 15.6 Å². The fourth-order valence-electron chi connectivity index (χ4n) is 3.21. The average Bonchev–Trinajstić information content (AvgIpc) is 3.10. The summed E-state index contributed by atoms with van der Waals surface area (Å²) in [5, 5.41) is 0. The van der Waals surface area contributed by atoms with Gasteiger partial charge >= 0.3 is 0 Å². The third kappa shape index (κ3) is 3.91. The number of nitrogens with zero attached hydrogens (tertiary/aromatic N) is 1. The zero-order valence-corrected chi connectivity index (χ0v) is 14.8. The molecule has 1 saturated heterocycles. The van der Waals surface area contributed by atoms with Crippen molar-refractivity contribution in [2.75, 3.05) is 13.1 Å². The third-order valence-corrected chi connectivity index (χ3v) is 6.24. The van der Waals surface area contributed by atoms with E-state index in [1.807, 2.05) is 18.2 Å². The highest BCUT2D eigenvalue weighted by Crippen LogP contribution is 2.22. The van der Waals surface area contributed by atoms with Crippen molar-refractivity contribution >= 4 is 15.7 Å².